The molecule has 12 heteroatoms. The quantitative estimate of drug-likeness (QED) is 0.495. The number of hydrogen-bond acceptors (Lipinski definition) is 10. The van der Waals surface area contributed by atoms with E-state index in [1.807, 2.05) is 0 Å². The molecule has 0 saturated carbocycles. The van der Waals surface area contributed by atoms with Crippen molar-refractivity contribution in [3.63, 3.8) is 0 Å². The van der Waals surface area contributed by atoms with Crippen LogP contribution in [-0.4, -0.2) is 64.8 Å². The standard InChI is InChI=1S/C17H21BN4O5S2/c1-26-11-3-2-9-8-12(18(25)27-14(9)13(11)15(23)24)28-17-22-21-16(29-17)20-10-4-6-19-7-5-10/h2-3,10,12,19,25H,4-8H2,1H3,(H,20,21)(H,23,24)/t12-/m0/s1. The van der Waals surface area contributed by atoms with E-state index in [1.54, 1.807) is 12.1 Å². The largest absolute Gasteiger partial charge is 0.537 e. The molecular formula is C17H21BN4O5S2. The number of piperidine rings is 1. The average Bonchev–Trinajstić information content (AvgIpc) is 3.15. The van der Waals surface area contributed by atoms with Crippen LogP contribution < -0.4 is 20.0 Å². The molecule has 1 aromatic heterocycles. The fraction of sp³-hybridized carbons (Fsp3) is 0.471. The second-order valence-electron chi connectivity index (χ2n) is 6.85. The maximum atomic E-state index is 11.6. The first-order valence-electron chi connectivity index (χ1n) is 9.30. The van der Waals surface area contributed by atoms with Gasteiger partial charge in [-0.05, 0) is 44.0 Å². The van der Waals surface area contributed by atoms with Gasteiger partial charge in [0.25, 0.3) is 0 Å². The Morgan fingerprint density at radius 3 is 2.93 bits per heavy atom. The molecule has 0 radical (unpaired) electrons. The summed E-state index contributed by atoms with van der Waals surface area (Å²) in [7, 11) is 0.235. The number of thioether (sulfide) groups is 1. The molecule has 4 N–H and O–H groups in total. The fourth-order valence-corrected chi connectivity index (χ4v) is 5.61. The summed E-state index contributed by atoms with van der Waals surface area (Å²) >= 11 is 2.83. The SMILES string of the molecule is COc1ccc2c(c1C(=O)O)OB(O)[C@@H](Sc1nnc(NC3CCNCC3)s1)C2. The molecule has 2 aliphatic heterocycles. The third-order valence-corrected chi connectivity index (χ3v) is 7.11. The molecule has 0 spiro atoms. The van der Waals surface area contributed by atoms with E-state index < -0.39 is 13.1 Å². The lowest BCUT2D eigenvalue weighted by molar-refractivity contribution is 0.0690. The van der Waals surface area contributed by atoms with E-state index in [-0.39, 0.29) is 22.2 Å². The number of carboxylic acids is 1. The highest BCUT2D eigenvalue weighted by molar-refractivity contribution is 8.02. The maximum absolute atomic E-state index is 11.6. The summed E-state index contributed by atoms with van der Waals surface area (Å²) in [5.74, 6) is -0.797. The van der Waals surface area contributed by atoms with Gasteiger partial charge in [-0.2, -0.15) is 0 Å². The Balaban J connectivity index is 1.46. The van der Waals surface area contributed by atoms with E-state index in [1.165, 1.54) is 30.2 Å². The summed E-state index contributed by atoms with van der Waals surface area (Å²) in [6.45, 7) is 1.98. The van der Waals surface area contributed by atoms with Crippen LogP contribution in [0.25, 0.3) is 0 Å². The van der Waals surface area contributed by atoms with Gasteiger partial charge in [0.2, 0.25) is 5.13 Å². The molecule has 4 rings (SSSR count). The summed E-state index contributed by atoms with van der Waals surface area (Å²) in [5, 5.41) is 35.6. The van der Waals surface area contributed by atoms with Crippen LogP contribution >= 0.6 is 23.1 Å². The number of fused-ring (bicyclic) bond motifs is 1. The van der Waals surface area contributed by atoms with Crippen molar-refractivity contribution in [2.45, 2.75) is 34.8 Å². The van der Waals surface area contributed by atoms with Crippen molar-refractivity contribution in [2.75, 3.05) is 25.5 Å². The zero-order valence-electron chi connectivity index (χ0n) is 15.8. The number of methoxy groups -OCH3 is 1. The lowest BCUT2D eigenvalue weighted by atomic mass is 9.77. The van der Waals surface area contributed by atoms with Crippen LogP contribution in [0.15, 0.2) is 16.5 Å². The molecule has 29 heavy (non-hydrogen) atoms. The summed E-state index contributed by atoms with van der Waals surface area (Å²) in [4.78, 5) is 11.6. The van der Waals surface area contributed by atoms with E-state index >= 15 is 0 Å². The van der Waals surface area contributed by atoms with E-state index in [0.717, 1.165) is 35.4 Å². The molecule has 0 unspecified atom stereocenters. The highest BCUT2D eigenvalue weighted by Crippen LogP contribution is 2.40. The maximum Gasteiger partial charge on any atom is 0.537 e. The first-order chi connectivity index (χ1) is 14.0. The van der Waals surface area contributed by atoms with Gasteiger partial charge in [0.05, 0.1) is 12.3 Å². The Morgan fingerprint density at radius 2 is 2.21 bits per heavy atom. The van der Waals surface area contributed by atoms with Crippen molar-refractivity contribution >= 4 is 41.3 Å². The van der Waals surface area contributed by atoms with Gasteiger partial charge < -0.3 is 30.2 Å². The highest BCUT2D eigenvalue weighted by atomic mass is 32.2. The van der Waals surface area contributed by atoms with Gasteiger partial charge in [-0.1, -0.05) is 29.2 Å². The molecule has 1 saturated heterocycles. The molecule has 1 fully saturated rings. The molecule has 1 atom stereocenters. The summed E-state index contributed by atoms with van der Waals surface area (Å²) in [5.41, 5.74) is 0.639. The van der Waals surface area contributed by atoms with E-state index in [2.05, 4.69) is 20.8 Å². The van der Waals surface area contributed by atoms with Gasteiger partial charge in [0.1, 0.15) is 17.1 Å². The monoisotopic (exact) mass is 436 g/mol. The number of anilines is 1. The lowest BCUT2D eigenvalue weighted by Gasteiger charge is -2.28. The average molecular weight is 436 g/mol. The van der Waals surface area contributed by atoms with Gasteiger partial charge >= 0.3 is 13.1 Å². The molecule has 3 heterocycles. The third-order valence-electron chi connectivity index (χ3n) is 4.94. The second kappa shape index (κ2) is 8.78. The molecule has 0 bridgehead atoms. The van der Waals surface area contributed by atoms with Gasteiger partial charge in [-0.15, -0.1) is 10.2 Å². The highest BCUT2D eigenvalue weighted by Gasteiger charge is 2.39. The van der Waals surface area contributed by atoms with Crippen LogP contribution in [0, 0.1) is 0 Å². The molecular weight excluding hydrogens is 415 g/mol. The smallest absolute Gasteiger partial charge is 0.534 e. The number of benzene rings is 1. The Labute approximate surface area is 176 Å². The minimum atomic E-state index is -1.16. The van der Waals surface area contributed by atoms with Crippen LogP contribution in [0.3, 0.4) is 0 Å². The predicted octanol–water partition coefficient (Wildman–Crippen LogP) is 1.52. The lowest BCUT2D eigenvalue weighted by Crippen LogP contribution is -2.40. The van der Waals surface area contributed by atoms with Crippen molar-refractivity contribution in [2.24, 2.45) is 0 Å². The van der Waals surface area contributed by atoms with E-state index in [4.69, 9.17) is 9.39 Å². The molecule has 9 nitrogen and oxygen atoms in total. The van der Waals surface area contributed by atoms with Crippen LogP contribution in [0.5, 0.6) is 11.5 Å². The number of aromatic nitrogens is 2. The Bertz CT molecular complexity index is 893. The minimum absolute atomic E-state index is 0.0723. The molecule has 1 aromatic carbocycles. The minimum Gasteiger partial charge on any atom is -0.534 e. The van der Waals surface area contributed by atoms with Crippen molar-refractivity contribution in [3.05, 3.63) is 23.3 Å². The normalized spacial score (nSPS) is 19.4. The van der Waals surface area contributed by atoms with Crippen LogP contribution in [0.1, 0.15) is 28.8 Å². The first kappa shape index (κ1) is 20.3. The number of hydrogen-bond donors (Lipinski definition) is 4. The number of nitrogens with zero attached hydrogens (tertiary/aromatic N) is 2. The van der Waals surface area contributed by atoms with E-state index in [0.29, 0.717) is 18.0 Å². The zero-order chi connectivity index (χ0) is 20.4. The summed E-state index contributed by atoms with van der Waals surface area (Å²) in [6, 6.07) is 3.77. The number of carbonyl (C=O) groups is 1. The second-order valence-corrected chi connectivity index (χ2v) is 9.31. The third kappa shape index (κ3) is 4.45. The Morgan fingerprint density at radius 1 is 1.41 bits per heavy atom. The molecule has 0 amide bonds. The summed E-state index contributed by atoms with van der Waals surface area (Å²) in [6.07, 6.45) is 2.54. The molecule has 154 valence electrons. The zero-order valence-corrected chi connectivity index (χ0v) is 17.4. The molecule has 2 aliphatic rings. The van der Waals surface area contributed by atoms with Crippen molar-refractivity contribution in [1.29, 1.82) is 0 Å². The van der Waals surface area contributed by atoms with Crippen LogP contribution in [0.4, 0.5) is 5.13 Å². The van der Waals surface area contributed by atoms with Crippen LogP contribution in [0.2, 0.25) is 0 Å². The predicted molar refractivity (Wildman–Crippen MR) is 111 cm³/mol. The molecule has 0 aliphatic carbocycles. The van der Waals surface area contributed by atoms with Crippen molar-refractivity contribution in [1.82, 2.24) is 15.5 Å². The number of ether oxygens (including phenoxy) is 1. The number of aromatic carboxylic acids is 1. The van der Waals surface area contributed by atoms with E-state index in [9.17, 15) is 14.9 Å². The Hall–Kier alpha value is -2.02. The fourth-order valence-electron chi connectivity index (χ4n) is 3.48. The van der Waals surface area contributed by atoms with Crippen molar-refractivity contribution < 1.29 is 24.3 Å². The number of carboxylic acid groups (broad SMARTS) is 1. The molecule has 2 aromatic rings. The van der Waals surface area contributed by atoms with Gasteiger partial charge in [0, 0.05) is 6.04 Å². The van der Waals surface area contributed by atoms with Crippen molar-refractivity contribution in [3.8, 4) is 11.5 Å². The summed E-state index contributed by atoms with van der Waals surface area (Å²) < 4.78 is 11.4. The van der Waals surface area contributed by atoms with Gasteiger partial charge in [0.15, 0.2) is 4.34 Å². The number of rotatable bonds is 6. The van der Waals surface area contributed by atoms with Crippen LogP contribution in [-0.2, 0) is 6.42 Å². The Kier molecular flexibility index (Phi) is 6.13. The topological polar surface area (TPSA) is 126 Å². The number of nitrogens with one attached hydrogen (secondary N) is 2. The van der Waals surface area contributed by atoms with Gasteiger partial charge in [-0.25, -0.2) is 4.79 Å². The van der Waals surface area contributed by atoms with Gasteiger partial charge in [-0.3, -0.25) is 0 Å². The first-order valence-corrected chi connectivity index (χ1v) is 11.0.